The number of rotatable bonds is 7. The number of nitrogens with one attached hydrogen (secondary N) is 2. The minimum atomic E-state index is -4.74. The molecule has 3 rings (SSSR count). The molecule has 0 aromatic heterocycles. The molecule has 2 N–H and O–H groups in total. The topological polar surface area (TPSA) is 84.5 Å². The number of anilines is 2. The van der Waals surface area contributed by atoms with E-state index in [4.69, 9.17) is 16.3 Å². The fourth-order valence-corrected chi connectivity index (χ4v) is 4.55. The van der Waals surface area contributed by atoms with Gasteiger partial charge in [-0.25, -0.2) is 8.42 Å². The second kappa shape index (κ2) is 10.6. The molecule has 0 saturated heterocycles. The van der Waals surface area contributed by atoms with Gasteiger partial charge in [-0.2, -0.15) is 13.2 Å². The van der Waals surface area contributed by atoms with Crippen LogP contribution in [0.25, 0.3) is 0 Å². The predicted molar refractivity (Wildman–Crippen MR) is 138 cm³/mol. The van der Waals surface area contributed by atoms with Crippen LogP contribution in [0.5, 0.6) is 5.75 Å². The third-order valence-corrected chi connectivity index (χ3v) is 7.09. The second-order valence-electron chi connectivity index (χ2n) is 9.35. The third kappa shape index (κ3) is 7.39. The first-order valence-corrected chi connectivity index (χ1v) is 13.0. The van der Waals surface area contributed by atoms with Gasteiger partial charge in [0.25, 0.3) is 15.9 Å². The summed E-state index contributed by atoms with van der Waals surface area (Å²) in [5.74, 6) is 0.0773. The summed E-state index contributed by atoms with van der Waals surface area (Å²) >= 11 is 5.58. The summed E-state index contributed by atoms with van der Waals surface area (Å²) in [6, 6.07) is 15.3. The minimum absolute atomic E-state index is 0.0164. The zero-order valence-electron chi connectivity index (χ0n) is 20.5. The van der Waals surface area contributed by atoms with E-state index in [0.717, 1.165) is 17.7 Å². The van der Waals surface area contributed by atoms with Crippen molar-refractivity contribution >= 4 is 38.9 Å². The molecule has 3 aromatic rings. The average molecular weight is 555 g/mol. The summed E-state index contributed by atoms with van der Waals surface area (Å²) in [6.45, 7) is 7.85. The molecule has 1 atom stereocenters. The molecule has 11 heteroatoms. The van der Waals surface area contributed by atoms with Gasteiger partial charge in [-0.1, -0.05) is 44.5 Å². The molecule has 6 nitrogen and oxygen atoms in total. The average Bonchev–Trinajstić information content (AvgIpc) is 2.79. The number of halogens is 4. The first-order chi connectivity index (χ1) is 17.1. The number of sulfonamides is 1. The molecule has 0 radical (unpaired) electrons. The SMILES string of the molecule is CC(Oc1ccc(C(C)(C)C)cc1)C(=O)Nc1ccc(S(=O)(=O)Nc2ccc(Cl)c(C(F)(F)F)c2)cc1. The van der Waals surface area contributed by atoms with E-state index in [9.17, 15) is 26.4 Å². The van der Waals surface area contributed by atoms with Gasteiger partial charge in [0.15, 0.2) is 6.10 Å². The van der Waals surface area contributed by atoms with Gasteiger partial charge < -0.3 is 10.1 Å². The van der Waals surface area contributed by atoms with Gasteiger partial charge in [0, 0.05) is 11.4 Å². The van der Waals surface area contributed by atoms with Crippen molar-refractivity contribution in [1.29, 1.82) is 0 Å². The lowest BCUT2D eigenvalue weighted by atomic mass is 9.87. The summed E-state index contributed by atoms with van der Waals surface area (Å²) in [4.78, 5) is 12.3. The van der Waals surface area contributed by atoms with E-state index in [1.807, 2.05) is 12.1 Å². The molecule has 1 amide bonds. The van der Waals surface area contributed by atoms with Crippen LogP contribution >= 0.6 is 11.6 Å². The maximum Gasteiger partial charge on any atom is 0.417 e. The highest BCUT2D eigenvalue weighted by atomic mass is 35.5. The number of hydrogen-bond acceptors (Lipinski definition) is 4. The Kier molecular flexibility index (Phi) is 8.14. The smallest absolute Gasteiger partial charge is 0.417 e. The minimum Gasteiger partial charge on any atom is -0.481 e. The highest BCUT2D eigenvalue weighted by Crippen LogP contribution is 2.36. The van der Waals surface area contributed by atoms with E-state index in [1.165, 1.54) is 24.3 Å². The third-order valence-electron chi connectivity index (χ3n) is 5.36. The van der Waals surface area contributed by atoms with Gasteiger partial charge >= 0.3 is 6.18 Å². The van der Waals surface area contributed by atoms with E-state index in [1.54, 1.807) is 19.1 Å². The number of carbonyl (C=O) groups is 1. The molecule has 0 bridgehead atoms. The van der Waals surface area contributed by atoms with Crippen LogP contribution in [0.3, 0.4) is 0 Å². The predicted octanol–water partition coefficient (Wildman–Crippen LogP) is 6.86. The maximum atomic E-state index is 13.1. The Hall–Kier alpha value is -3.24. The molecule has 0 saturated carbocycles. The van der Waals surface area contributed by atoms with E-state index in [2.05, 4.69) is 30.8 Å². The fraction of sp³-hybridized carbons (Fsp3) is 0.269. The van der Waals surface area contributed by atoms with Crippen LogP contribution in [0, 0.1) is 0 Å². The quantitative estimate of drug-likeness (QED) is 0.334. The Balaban J connectivity index is 1.65. The van der Waals surface area contributed by atoms with Crippen molar-refractivity contribution in [2.75, 3.05) is 10.0 Å². The van der Waals surface area contributed by atoms with Gasteiger partial charge in [-0.15, -0.1) is 0 Å². The van der Waals surface area contributed by atoms with Crippen LogP contribution in [-0.2, 0) is 26.4 Å². The molecule has 0 aliphatic rings. The zero-order chi connectivity index (χ0) is 27.6. The normalized spacial score (nSPS) is 13.1. The molecule has 0 heterocycles. The van der Waals surface area contributed by atoms with Gasteiger partial charge in [0.1, 0.15) is 5.75 Å². The van der Waals surface area contributed by atoms with Crippen molar-refractivity contribution < 1.29 is 31.1 Å². The lowest BCUT2D eigenvalue weighted by Crippen LogP contribution is -2.30. The molecular formula is C26H26ClF3N2O4S. The van der Waals surface area contributed by atoms with Crippen LogP contribution < -0.4 is 14.8 Å². The van der Waals surface area contributed by atoms with E-state index in [0.29, 0.717) is 17.5 Å². The number of amides is 1. The van der Waals surface area contributed by atoms with Crippen molar-refractivity contribution in [3.8, 4) is 5.75 Å². The maximum absolute atomic E-state index is 13.1. The highest BCUT2D eigenvalue weighted by molar-refractivity contribution is 7.92. The van der Waals surface area contributed by atoms with Crippen LogP contribution in [0.2, 0.25) is 5.02 Å². The lowest BCUT2D eigenvalue weighted by Gasteiger charge is -2.20. The molecule has 0 spiro atoms. The number of alkyl halides is 3. The van der Waals surface area contributed by atoms with Gasteiger partial charge in [-0.05, 0) is 72.5 Å². The first-order valence-electron chi connectivity index (χ1n) is 11.1. The number of benzene rings is 3. The lowest BCUT2D eigenvalue weighted by molar-refractivity contribution is -0.137. The molecular weight excluding hydrogens is 529 g/mol. The summed E-state index contributed by atoms with van der Waals surface area (Å²) in [5.41, 5.74) is -0.0338. The standard InChI is InChI=1S/C26H26ClF3N2O4S/c1-16(36-20-10-5-17(6-11-20)25(2,3)4)24(33)31-18-7-12-21(13-8-18)37(34,35)32-19-9-14-23(27)22(15-19)26(28,29)30/h5-16,32H,1-4H3,(H,31,33). The molecule has 37 heavy (non-hydrogen) atoms. The van der Waals surface area contributed by atoms with Crippen LogP contribution in [-0.4, -0.2) is 20.4 Å². The molecule has 3 aromatic carbocycles. The molecule has 0 aliphatic carbocycles. The Morgan fingerprint density at radius 2 is 1.49 bits per heavy atom. The van der Waals surface area contributed by atoms with E-state index < -0.39 is 38.8 Å². The van der Waals surface area contributed by atoms with Crippen LogP contribution in [0.15, 0.2) is 71.6 Å². The van der Waals surface area contributed by atoms with Crippen molar-refractivity contribution in [3.05, 3.63) is 82.9 Å². The summed E-state index contributed by atoms with van der Waals surface area (Å²) in [6.07, 6.45) is -5.58. The number of ether oxygens (including phenoxy) is 1. The van der Waals surface area contributed by atoms with Crippen molar-refractivity contribution in [2.24, 2.45) is 0 Å². The number of carbonyl (C=O) groups excluding carboxylic acids is 1. The van der Waals surface area contributed by atoms with Crippen molar-refractivity contribution in [3.63, 3.8) is 0 Å². The molecule has 1 unspecified atom stereocenters. The Labute approximate surface area is 218 Å². The summed E-state index contributed by atoms with van der Waals surface area (Å²) in [7, 11) is -4.20. The largest absolute Gasteiger partial charge is 0.481 e. The van der Waals surface area contributed by atoms with Gasteiger partial charge in [0.2, 0.25) is 0 Å². The fourth-order valence-electron chi connectivity index (χ4n) is 3.27. The summed E-state index contributed by atoms with van der Waals surface area (Å²) < 4.78 is 72.3. The van der Waals surface area contributed by atoms with Crippen molar-refractivity contribution in [2.45, 2.75) is 50.3 Å². The Morgan fingerprint density at radius 3 is 2.03 bits per heavy atom. The Morgan fingerprint density at radius 1 is 0.919 bits per heavy atom. The highest BCUT2D eigenvalue weighted by Gasteiger charge is 2.33. The molecule has 0 fully saturated rings. The number of hydrogen-bond donors (Lipinski definition) is 2. The zero-order valence-corrected chi connectivity index (χ0v) is 22.1. The van der Waals surface area contributed by atoms with Crippen LogP contribution in [0.4, 0.5) is 24.5 Å². The molecule has 198 valence electrons. The summed E-state index contributed by atoms with van der Waals surface area (Å²) in [5, 5.41) is 2.09. The second-order valence-corrected chi connectivity index (χ2v) is 11.4. The van der Waals surface area contributed by atoms with Crippen LogP contribution in [0.1, 0.15) is 38.8 Å². The van der Waals surface area contributed by atoms with E-state index >= 15 is 0 Å². The van der Waals surface area contributed by atoms with Gasteiger partial charge in [0.05, 0.1) is 15.5 Å². The molecule has 0 aliphatic heterocycles. The van der Waals surface area contributed by atoms with Gasteiger partial charge in [-0.3, -0.25) is 9.52 Å². The van der Waals surface area contributed by atoms with E-state index in [-0.39, 0.29) is 16.0 Å². The first kappa shape index (κ1) is 28.3. The Bertz CT molecular complexity index is 1370. The van der Waals surface area contributed by atoms with Crippen molar-refractivity contribution in [1.82, 2.24) is 0 Å². The monoisotopic (exact) mass is 554 g/mol.